The summed E-state index contributed by atoms with van der Waals surface area (Å²) in [6.07, 6.45) is -0.524. The molecule has 0 aromatic rings. The molecule has 0 heterocycles. The Hall–Kier alpha value is -0.840. The number of nitrogens with two attached hydrogens (primary N) is 1. The molecule has 12 heavy (non-hydrogen) atoms. The van der Waals surface area contributed by atoms with Crippen molar-refractivity contribution in [1.82, 2.24) is 4.90 Å². The van der Waals surface area contributed by atoms with Crippen molar-refractivity contribution in [3.63, 3.8) is 0 Å². The van der Waals surface area contributed by atoms with E-state index in [0.717, 1.165) is 0 Å². The lowest BCUT2D eigenvalue weighted by Gasteiger charge is -2.17. The Morgan fingerprint density at radius 1 is 1.67 bits per heavy atom. The van der Waals surface area contributed by atoms with Crippen molar-refractivity contribution in [2.45, 2.75) is 20.0 Å². The fourth-order valence-corrected chi connectivity index (χ4v) is 0.784. The number of carbonyl (C=O) groups is 1. The number of nitrogens with zero attached hydrogens (tertiary/aromatic N) is 1. The van der Waals surface area contributed by atoms with Crippen LogP contribution in [0.5, 0.6) is 0 Å². The highest BCUT2D eigenvalue weighted by molar-refractivity contribution is 7.80. The lowest BCUT2D eigenvalue weighted by atomic mass is 10.5. The smallest absolute Gasteiger partial charge is 0.410 e. The molecule has 0 saturated carbocycles. The molecule has 70 valence electrons. The normalized spacial score (nSPS) is 9.67. The summed E-state index contributed by atoms with van der Waals surface area (Å²) in [5.41, 5.74) is 5.24. The third-order valence-electron chi connectivity index (χ3n) is 1.04. The Morgan fingerprint density at radius 2 is 2.17 bits per heavy atom. The predicted molar refractivity (Wildman–Crippen MR) is 51.0 cm³/mol. The minimum atomic E-state index is -0.405. The molecule has 0 aromatic heterocycles. The first-order valence-corrected chi connectivity index (χ1v) is 4.04. The lowest BCUT2D eigenvalue weighted by molar-refractivity contribution is 0.0879. The van der Waals surface area contributed by atoms with Gasteiger partial charge < -0.3 is 15.4 Å². The predicted octanol–water partition coefficient (Wildman–Crippen LogP) is 0.749. The number of rotatable bonds is 3. The second-order valence-corrected chi connectivity index (χ2v) is 3.28. The topological polar surface area (TPSA) is 55.6 Å². The van der Waals surface area contributed by atoms with Gasteiger partial charge in [0.15, 0.2) is 0 Å². The molecule has 0 fully saturated rings. The van der Waals surface area contributed by atoms with Gasteiger partial charge in [0.05, 0.1) is 17.6 Å². The number of ether oxygens (including phenoxy) is 1. The molecule has 0 aromatic carbocycles. The van der Waals surface area contributed by atoms with Gasteiger partial charge in [-0.3, -0.25) is 0 Å². The highest BCUT2D eigenvalue weighted by atomic mass is 32.1. The van der Waals surface area contributed by atoms with Crippen molar-refractivity contribution in [1.29, 1.82) is 0 Å². The molecular formula is C7H14N2O2S. The van der Waals surface area contributed by atoms with E-state index in [4.69, 9.17) is 10.5 Å². The lowest BCUT2D eigenvalue weighted by Crippen LogP contribution is -2.35. The second kappa shape index (κ2) is 4.92. The van der Waals surface area contributed by atoms with Gasteiger partial charge >= 0.3 is 6.09 Å². The van der Waals surface area contributed by atoms with Crippen molar-refractivity contribution < 1.29 is 9.53 Å². The molecule has 0 aliphatic heterocycles. The number of carbonyl (C=O) groups excluding carboxylic acids is 1. The fraction of sp³-hybridized carbons (Fsp3) is 0.714. The van der Waals surface area contributed by atoms with Gasteiger partial charge in [-0.05, 0) is 13.8 Å². The first kappa shape index (κ1) is 11.2. The summed E-state index contributed by atoms with van der Waals surface area (Å²) in [4.78, 5) is 12.7. The molecule has 2 N–H and O–H groups in total. The molecule has 5 heteroatoms. The Balaban J connectivity index is 3.85. The van der Waals surface area contributed by atoms with E-state index in [1.807, 2.05) is 0 Å². The van der Waals surface area contributed by atoms with Crippen molar-refractivity contribution in [3.8, 4) is 0 Å². The van der Waals surface area contributed by atoms with E-state index in [-0.39, 0.29) is 17.6 Å². The maximum atomic E-state index is 11.1. The largest absolute Gasteiger partial charge is 0.447 e. The van der Waals surface area contributed by atoms with Crippen LogP contribution in [0.4, 0.5) is 4.79 Å². The Kier molecular flexibility index (Phi) is 4.58. The Morgan fingerprint density at radius 3 is 2.50 bits per heavy atom. The van der Waals surface area contributed by atoms with Crippen LogP contribution in [0.15, 0.2) is 0 Å². The van der Waals surface area contributed by atoms with Gasteiger partial charge in [0.2, 0.25) is 0 Å². The minimum Gasteiger partial charge on any atom is -0.447 e. The summed E-state index contributed by atoms with van der Waals surface area (Å²) >= 11 is 4.63. The molecule has 0 bridgehead atoms. The molecular weight excluding hydrogens is 176 g/mol. The van der Waals surface area contributed by atoms with Crippen LogP contribution in [0.2, 0.25) is 0 Å². The van der Waals surface area contributed by atoms with Gasteiger partial charge in [-0.2, -0.15) is 0 Å². The van der Waals surface area contributed by atoms with Crippen LogP contribution >= 0.6 is 12.2 Å². The molecule has 4 nitrogen and oxygen atoms in total. The SMILES string of the molecule is CC(C)OC(=O)N(C)CC(N)=S. The summed E-state index contributed by atoms with van der Waals surface area (Å²) < 4.78 is 4.88. The van der Waals surface area contributed by atoms with Gasteiger partial charge in [-0.1, -0.05) is 12.2 Å². The van der Waals surface area contributed by atoms with Gasteiger partial charge in [-0.25, -0.2) is 4.79 Å². The number of hydrogen-bond donors (Lipinski definition) is 1. The quantitative estimate of drug-likeness (QED) is 0.667. The number of hydrogen-bond acceptors (Lipinski definition) is 3. The van der Waals surface area contributed by atoms with Crippen molar-refractivity contribution >= 4 is 23.3 Å². The Bertz CT molecular complexity index is 182. The monoisotopic (exact) mass is 190 g/mol. The summed E-state index contributed by atoms with van der Waals surface area (Å²) in [5.74, 6) is 0. The zero-order valence-electron chi connectivity index (χ0n) is 7.53. The first-order chi connectivity index (χ1) is 5.43. The maximum Gasteiger partial charge on any atom is 0.410 e. The van der Waals surface area contributed by atoms with Crippen LogP contribution < -0.4 is 5.73 Å². The standard InChI is InChI=1S/C7H14N2O2S/c1-5(2)11-7(10)9(3)4-6(8)12/h5H,4H2,1-3H3,(H2,8,12). The van der Waals surface area contributed by atoms with Gasteiger partial charge in [0.1, 0.15) is 0 Å². The molecule has 0 aliphatic carbocycles. The van der Waals surface area contributed by atoms with E-state index in [1.54, 1.807) is 20.9 Å². The first-order valence-electron chi connectivity index (χ1n) is 3.63. The number of thiocarbonyl (C=S) groups is 1. The van der Waals surface area contributed by atoms with E-state index < -0.39 is 6.09 Å². The molecule has 0 unspecified atom stereocenters. The van der Waals surface area contributed by atoms with Gasteiger partial charge in [0.25, 0.3) is 0 Å². The fourth-order valence-electron chi connectivity index (χ4n) is 0.590. The highest BCUT2D eigenvalue weighted by Gasteiger charge is 2.11. The highest BCUT2D eigenvalue weighted by Crippen LogP contribution is 1.94. The maximum absolute atomic E-state index is 11.1. The van der Waals surface area contributed by atoms with E-state index in [9.17, 15) is 4.79 Å². The second-order valence-electron chi connectivity index (χ2n) is 2.75. The summed E-state index contributed by atoms with van der Waals surface area (Å²) in [7, 11) is 1.59. The van der Waals surface area contributed by atoms with Gasteiger partial charge in [0, 0.05) is 7.05 Å². The van der Waals surface area contributed by atoms with Crippen molar-refractivity contribution in [2.24, 2.45) is 5.73 Å². The van der Waals surface area contributed by atoms with Crippen molar-refractivity contribution in [2.75, 3.05) is 13.6 Å². The zero-order chi connectivity index (χ0) is 9.72. The van der Waals surface area contributed by atoms with E-state index in [0.29, 0.717) is 0 Å². The molecule has 0 radical (unpaired) electrons. The van der Waals surface area contributed by atoms with Gasteiger partial charge in [-0.15, -0.1) is 0 Å². The molecule has 0 aliphatic rings. The van der Waals surface area contributed by atoms with Crippen molar-refractivity contribution in [3.05, 3.63) is 0 Å². The van der Waals surface area contributed by atoms with E-state index in [1.165, 1.54) is 4.90 Å². The number of amides is 1. The zero-order valence-corrected chi connectivity index (χ0v) is 8.35. The van der Waals surface area contributed by atoms with Crippen LogP contribution in [0.3, 0.4) is 0 Å². The van der Waals surface area contributed by atoms with E-state index in [2.05, 4.69) is 12.2 Å². The average molecular weight is 190 g/mol. The van der Waals surface area contributed by atoms with Crippen LogP contribution in [-0.2, 0) is 4.74 Å². The third kappa shape index (κ3) is 4.90. The minimum absolute atomic E-state index is 0.119. The Labute approximate surface area is 77.7 Å². The average Bonchev–Trinajstić information content (AvgIpc) is 1.84. The summed E-state index contributed by atoms with van der Waals surface area (Å²) in [5, 5.41) is 0. The summed E-state index contributed by atoms with van der Waals surface area (Å²) in [6.45, 7) is 3.82. The molecule has 0 atom stereocenters. The van der Waals surface area contributed by atoms with Crippen LogP contribution in [0.25, 0.3) is 0 Å². The summed E-state index contributed by atoms with van der Waals surface area (Å²) in [6, 6.07) is 0. The van der Waals surface area contributed by atoms with Crippen LogP contribution in [-0.4, -0.2) is 35.7 Å². The number of likely N-dealkylation sites (N-methyl/N-ethyl adjacent to an activating group) is 1. The van der Waals surface area contributed by atoms with E-state index >= 15 is 0 Å². The third-order valence-corrected chi connectivity index (χ3v) is 1.17. The van der Waals surface area contributed by atoms with Crippen LogP contribution in [0.1, 0.15) is 13.8 Å². The van der Waals surface area contributed by atoms with Crippen LogP contribution in [0, 0.1) is 0 Å². The molecule has 1 amide bonds. The molecule has 0 saturated heterocycles. The molecule has 0 rings (SSSR count). The molecule has 0 spiro atoms.